The molecule has 32 heavy (non-hydrogen) atoms. The highest BCUT2D eigenvalue weighted by Gasteiger charge is 2.47. The Hall–Kier alpha value is -3.00. The molecule has 0 spiro atoms. The summed E-state index contributed by atoms with van der Waals surface area (Å²) in [6, 6.07) is 8.04. The summed E-state index contributed by atoms with van der Waals surface area (Å²) >= 11 is 0. The minimum Gasteiger partial charge on any atom is -0.369 e. The lowest BCUT2D eigenvalue weighted by Crippen LogP contribution is -2.41. The molecule has 4 atom stereocenters. The van der Waals surface area contributed by atoms with Crippen molar-refractivity contribution in [3.63, 3.8) is 0 Å². The van der Waals surface area contributed by atoms with Crippen LogP contribution in [0.2, 0.25) is 0 Å². The Morgan fingerprint density at radius 3 is 2.59 bits per heavy atom. The van der Waals surface area contributed by atoms with Gasteiger partial charge in [-0.25, -0.2) is 9.37 Å². The zero-order valence-electron chi connectivity index (χ0n) is 18.2. The van der Waals surface area contributed by atoms with Crippen molar-refractivity contribution >= 4 is 23.4 Å². The maximum atomic E-state index is 14.5. The molecule has 2 aromatic rings. The lowest BCUT2D eigenvalue weighted by atomic mass is 9.88. The van der Waals surface area contributed by atoms with Gasteiger partial charge in [-0.15, -0.1) is 0 Å². The molecule has 0 radical (unpaired) electrons. The van der Waals surface area contributed by atoms with Gasteiger partial charge in [-0.1, -0.05) is 24.3 Å². The van der Waals surface area contributed by atoms with Crippen LogP contribution in [0.25, 0.3) is 0 Å². The number of halogens is 1. The summed E-state index contributed by atoms with van der Waals surface area (Å²) in [4.78, 5) is 22.7. The molecule has 3 aliphatic rings. The molecule has 2 bridgehead atoms. The Morgan fingerprint density at radius 2 is 1.88 bits per heavy atom. The first kappa shape index (κ1) is 20.9. The van der Waals surface area contributed by atoms with Crippen molar-refractivity contribution in [3.8, 4) is 0 Å². The van der Waals surface area contributed by atoms with Crippen LogP contribution in [0, 0.1) is 23.6 Å². The molecule has 4 unspecified atom stereocenters. The van der Waals surface area contributed by atoms with Crippen molar-refractivity contribution in [2.45, 2.75) is 31.2 Å². The molecule has 168 valence electrons. The number of nitrogens with one attached hydrogen (secondary N) is 2. The predicted octanol–water partition coefficient (Wildman–Crippen LogP) is 3.26. The number of hydrogen-bond donors (Lipinski definition) is 3. The standard InChI is InChI=1S/C24H29FN6O/c1-31-10-8-15(9-11-31)14-4-6-18(7-5-14)28-24-27-13-19(25)23(30-24)29-21-17-3-2-16(12-17)20(21)22(26)32/h2-7,13,15-17,20-21H,8-12H2,1H3,(H2,26,32)(H2,27,28,29,30). The Balaban J connectivity index is 1.28. The van der Waals surface area contributed by atoms with Crippen LogP contribution in [0.3, 0.4) is 0 Å². The molecule has 1 amide bonds. The molecule has 2 heterocycles. The third-order valence-corrected chi connectivity index (χ3v) is 7.19. The van der Waals surface area contributed by atoms with Gasteiger partial charge in [-0.2, -0.15) is 4.98 Å². The lowest BCUT2D eigenvalue weighted by molar-refractivity contribution is -0.122. The van der Waals surface area contributed by atoms with Crippen molar-refractivity contribution in [2.24, 2.45) is 23.5 Å². The number of piperidine rings is 1. The van der Waals surface area contributed by atoms with Crippen LogP contribution in [0.15, 0.2) is 42.6 Å². The van der Waals surface area contributed by atoms with E-state index in [-0.39, 0.29) is 35.5 Å². The second-order valence-electron chi connectivity index (χ2n) is 9.26. The van der Waals surface area contributed by atoms with Gasteiger partial charge in [-0.05, 0) is 74.8 Å². The first-order chi connectivity index (χ1) is 15.5. The van der Waals surface area contributed by atoms with Crippen LogP contribution in [0.4, 0.5) is 21.8 Å². The van der Waals surface area contributed by atoms with Crippen LogP contribution in [0.5, 0.6) is 0 Å². The Labute approximate surface area is 187 Å². The zero-order chi connectivity index (χ0) is 22.2. The van der Waals surface area contributed by atoms with Gasteiger partial charge in [0.1, 0.15) is 0 Å². The number of aromatic nitrogens is 2. The predicted molar refractivity (Wildman–Crippen MR) is 122 cm³/mol. The monoisotopic (exact) mass is 436 g/mol. The normalized spacial score (nSPS) is 27.6. The number of carbonyl (C=O) groups is 1. The Morgan fingerprint density at radius 1 is 1.16 bits per heavy atom. The highest BCUT2D eigenvalue weighted by Crippen LogP contribution is 2.45. The van der Waals surface area contributed by atoms with Crippen LogP contribution in [-0.4, -0.2) is 47.0 Å². The van der Waals surface area contributed by atoms with Crippen molar-refractivity contribution in [3.05, 3.63) is 54.0 Å². The number of amides is 1. The maximum Gasteiger partial charge on any atom is 0.229 e. The number of primary amides is 1. The molecule has 1 saturated heterocycles. The zero-order valence-corrected chi connectivity index (χ0v) is 18.2. The van der Waals surface area contributed by atoms with Gasteiger partial charge in [0, 0.05) is 11.7 Å². The third-order valence-electron chi connectivity index (χ3n) is 7.19. The van der Waals surface area contributed by atoms with E-state index in [1.54, 1.807) is 0 Å². The minimum absolute atomic E-state index is 0.0858. The van der Waals surface area contributed by atoms with Crippen molar-refractivity contribution in [1.82, 2.24) is 14.9 Å². The molecule has 8 heteroatoms. The van der Waals surface area contributed by atoms with E-state index in [0.29, 0.717) is 11.9 Å². The number of rotatable bonds is 6. The van der Waals surface area contributed by atoms with Gasteiger partial charge < -0.3 is 21.3 Å². The van der Waals surface area contributed by atoms with Crippen LogP contribution in [0.1, 0.15) is 30.7 Å². The molecule has 1 aromatic heterocycles. The number of anilines is 3. The smallest absolute Gasteiger partial charge is 0.229 e. The number of nitrogens with zero attached hydrogens (tertiary/aromatic N) is 3. The number of carbonyl (C=O) groups excluding carboxylic acids is 1. The van der Waals surface area contributed by atoms with E-state index >= 15 is 0 Å². The van der Waals surface area contributed by atoms with Crippen molar-refractivity contribution < 1.29 is 9.18 Å². The van der Waals surface area contributed by atoms with Gasteiger partial charge in [0.15, 0.2) is 11.6 Å². The molecule has 1 aromatic carbocycles. The average molecular weight is 437 g/mol. The number of likely N-dealkylation sites (tertiary alicyclic amines) is 1. The van der Waals surface area contributed by atoms with Gasteiger partial charge in [-0.3, -0.25) is 4.79 Å². The second-order valence-corrected chi connectivity index (χ2v) is 9.26. The quantitative estimate of drug-likeness (QED) is 0.602. The number of nitrogens with two attached hydrogens (primary N) is 1. The number of hydrogen-bond acceptors (Lipinski definition) is 6. The summed E-state index contributed by atoms with van der Waals surface area (Å²) in [5.41, 5.74) is 7.80. The molecular formula is C24H29FN6O. The summed E-state index contributed by atoms with van der Waals surface area (Å²) < 4.78 is 14.5. The summed E-state index contributed by atoms with van der Waals surface area (Å²) in [7, 11) is 2.16. The van der Waals surface area contributed by atoms with Crippen LogP contribution < -0.4 is 16.4 Å². The summed E-state index contributed by atoms with van der Waals surface area (Å²) in [6.07, 6.45) is 8.45. The van der Waals surface area contributed by atoms with Crippen LogP contribution >= 0.6 is 0 Å². The van der Waals surface area contributed by atoms with Gasteiger partial charge in [0.2, 0.25) is 11.9 Å². The molecule has 4 N–H and O–H groups in total. The topological polar surface area (TPSA) is 96.2 Å². The Bertz CT molecular complexity index is 1020. The Kier molecular flexibility index (Phi) is 5.55. The highest BCUT2D eigenvalue weighted by atomic mass is 19.1. The van der Waals surface area contributed by atoms with E-state index in [9.17, 15) is 9.18 Å². The molecule has 1 saturated carbocycles. The van der Waals surface area contributed by atoms with E-state index < -0.39 is 5.82 Å². The van der Waals surface area contributed by atoms with Crippen molar-refractivity contribution in [1.29, 1.82) is 0 Å². The first-order valence-electron chi connectivity index (χ1n) is 11.3. The minimum atomic E-state index is -0.553. The summed E-state index contributed by atoms with van der Waals surface area (Å²) in [6.45, 7) is 2.25. The molecule has 1 aliphatic heterocycles. The largest absolute Gasteiger partial charge is 0.369 e. The fourth-order valence-electron chi connectivity index (χ4n) is 5.40. The van der Waals surface area contributed by atoms with Gasteiger partial charge in [0.05, 0.1) is 12.1 Å². The van der Waals surface area contributed by atoms with E-state index in [0.717, 1.165) is 31.4 Å². The number of benzene rings is 1. The fourth-order valence-corrected chi connectivity index (χ4v) is 5.40. The van der Waals surface area contributed by atoms with Crippen molar-refractivity contribution in [2.75, 3.05) is 30.8 Å². The number of fused-ring (bicyclic) bond motifs is 2. The fraction of sp³-hybridized carbons (Fsp3) is 0.458. The maximum absolute atomic E-state index is 14.5. The summed E-state index contributed by atoms with van der Waals surface area (Å²) in [5, 5.41) is 6.29. The highest BCUT2D eigenvalue weighted by molar-refractivity contribution is 5.79. The van der Waals surface area contributed by atoms with Gasteiger partial charge >= 0.3 is 0 Å². The molecule has 5 rings (SSSR count). The average Bonchev–Trinajstić information content (AvgIpc) is 3.39. The summed E-state index contributed by atoms with van der Waals surface area (Å²) in [5.74, 6) is -0.0381. The molecule has 2 fully saturated rings. The molecular weight excluding hydrogens is 407 g/mol. The second kappa shape index (κ2) is 8.50. The first-order valence-corrected chi connectivity index (χ1v) is 11.3. The number of allylic oxidation sites excluding steroid dienone is 1. The van der Waals surface area contributed by atoms with Crippen LogP contribution in [-0.2, 0) is 4.79 Å². The third kappa shape index (κ3) is 4.07. The van der Waals surface area contributed by atoms with E-state index in [1.807, 2.05) is 18.2 Å². The molecule has 2 aliphatic carbocycles. The van der Waals surface area contributed by atoms with Gasteiger partial charge in [0.25, 0.3) is 0 Å². The van der Waals surface area contributed by atoms with E-state index in [2.05, 4.69) is 50.8 Å². The SMILES string of the molecule is CN1CCC(c2ccc(Nc3ncc(F)c(NC4C5C=CC(C5)C4C(N)=O)n3)cc2)CC1. The van der Waals surface area contributed by atoms with E-state index in [4.69, 9.17) is 5.73 Å². The molecule has 7 nitrogen and oxygen atoms in total. The van der Waals surface area contributed by atoms with E-state index in [1.165, 1.54) is 18.4 Å². The lowest BCUT2D eigenvalue weighted by Gasteiger charge is -2.29.